The molecule has 5 nitrogen and oxygen atoms in total. The van der Waals surface area contributed by atoms with Gasteiger partial charge >= 0.3 is 0 Å². The zero-order chi connectivity index (χ0) is 20.7. The summed E-state index contributed by atoms with van der Waals surface area (Å²) in [5, 5.41) is 0.534. The molecule has 30 heavy (non-hydrogen) atoms. The molecule has 0 fully saturated rings. The van der Waals surface area contributed by atoms with Gasteiger partial charge in [0.1, 0.15) is 23.3 Å². The minimum atomic E-state index is -0.0870. The number of nitrogens with zero attached hydrogens (tertiary/aromatic N) is 1. The van der Waals surface area contributed by atoms with Gasteiger partial charge in [-0.2, -0.15) is 0 Å². The Bertz CT molecular complexity index is 1290. The van der Waals surface area contributed by atoms with Crippen LogP contribution in [-0.4, -0.2) is 13.8 Å². The van der Waals surface area contributed by atoms with Crippen LogP contribution >= 0.6 is 0 Å². The monoisotopic (exact) mass is 399 g/mol. The summed E-state index contributed by atoms with van der Waals surface area (Å²) in [5.74, 6) is 1.38. The molecule has 1 aromatic heterocycles. The van der Waals surface area contributed by atoms with Crippen LogP contribution < -0.4 is 19.8 Å². The Labute approximate surface area is 174 Å². The number of aryl methyl sites for hydroxylation is 1. The number of methoxy groups -OCH3 is 1. The van der Waals surface area contributed by atoms with Crippen molar-refractivity contribution in [1.82, 2.24) is 0 Å². The molecule has 0 bridgehead atoms. The smallest absolute Gasteiger partial charge is 0.200 e. The lowest BCUT2D eigenvalue weighted by molar-refractivity contribution is 0.289. The minimum absolute atomic E-state index is 0.0870. The molecular weight excluding hydrogens is 378 g/mol. The van der Waals surface area contributed by atoms with E-state index in [1.807, 2.05) is 30.3 Å². The lowest BCUT2D eigenvalue weighted by Gasteiger charge is -2.31. The van der Waals surface area contributed by atoms with Crippen molar-refractivity contribution in [2.45, 2.75) is 13.5 Å². The standard InChI is InChI=1S/C25H21NO4/c1-16-7-9-17(10-8-16)26-13-20-23(30-15-26)12-11-19-24(27)21(14-29-25(19)20)18-5-3-4-6-22(18)28-2/h3-12,14H,13,15H2,1-2H3. The average Bonchev–Trinajstić information content (AvgIpc) is 2.79. The highest BCUT2D eigenvalue weighted by atomic mass is 16.5. The molecule has 150 valence electrons. The molecule has 0 unspecified atom stereocenters. The quantitative estimate of drug-likeness (QED) is 0.478. The Kier molecular flexibility index (Phi) is 4.43. The molecule has 0 radical (unpaired) electrons. The van der Waals surface area contributed by atoms with Gasteiger partial charge in [-0.05, 0) is 37.3 Å². The molecular formula is C25H21NO4. The number of para-hydroxylation sites is 1. The van der Waals surface area contributed by atoms with Gasteiger partial charge in [0.25, 0.3) is 0 Å². The summed E-state index contributed by atoms with van der Waals surface area (Å²) in [6.07, 6.45) is 1.52. The van der Waals surface area contributed by atoms with Crippen molar-refractivity contribution in [3.63, 3.8) is 0 Å². The molecule has 0 atom stereocenters. The molecule has 5 rings (SSSR count). The number of benzene rings is 3. The van der Waals surface area contributed by atoms with Gasteiger partial charge in [0.2, 0.25) is 5.43 Å². The second-order valence-electron chi connectivity index (χ2n) is 7.40. The van der Waals surface area contributed by atoms with Crippen molar-refractivity contribution in [2.24, 2.45) is 0 Å². The molecule has 0 aliphatic carbocycles. The molecule has 5 heteroatoms. The average molecular weight is 399 g/mol. The van der Waals surface area contributed by atoms with E-state index in [1.54, 1.807) is 13.2 Å². The highest BCUT2D eigenvalue weighted by molar-refractivity contribution is 5.87. The molecule has 0 spiro atoms. The van der Waals surface area contributed by atoms with Crippen molar-refractivity contribution >= 4 is 16.7 Å². The topological polar surface area (TPSA) is 51.9 Å². The van der Waals surface area contributed by atoms with Crippen LogP contribution in [0.4, 0.5) is 5.69 Å². The van der Waals surface area contributed by atoms with Crippen molar-refractivity contribution in [3.05, 3.63) is 88.3 Å². The highest BCUT2D eigenvalue weighted by Crippen LogP contribution is 2.35. The number of anilines is 1. The maximum atomic E-state index is 13.3. The largest absolute Gasteiger partial charge is 0.496 e. The Morgan fingerprint density at radius 3 is 2.57 bits per heavy atom. The van der Waals surface area contributed by atoms with Crippen molar-refractivity contribution in [2.75, 3.05) is 18.7 Å². The third kappa shape index (κ3) is 2.99. The van der Waals surface area contributed by atoms with E-state index in [-0.39, 0.29) is 5.43 Å². The molecule has 3 aromatic carbocycles. The first kappa shape index (κ1) is 18.3. The van der Waals surface area contributed by atoms with Gasteiger partial charge in [-0.15, -0.1) is 0 Å². The van der Waals surface area contributed by atoms with E-state index in [4.69, 9.17) is 13.9 Å². The Hall–Kier alpha value is -3.73. The van der Waals surface area contributed by atoms with Crippen LogP contribution in [0.25, 0.3) is 22.1 Å². The fraction of sp³-hybridized carbons (Fsp3) is 0.160. The van der Waals surface area contributed by atoms with Gasteiger partial charge < -0.3 is 18.8 Å². The van der Waals surface area contributed by atoms with E-state index in [9.17, 15) is 4.79 Å². The van der Waals surface area contributed by atoms with Crippen molar-refractivity contribution < 1.29 is 13.9 Å². The summed E-state index contributed by atoms with van der Waals surface area (Å²) in [7, 11) is 1.59. The van der Waals surface area contributed by atoms with E-state index in [2.05, 4.69) is 36.1 Å². The first-order valence-corrected chi connectivity index (χ1v) is 9.81. The van der Waals surface area contributed by atoms with Crippen molar-refractivity contribution in [1.29, 1.82) is 0 Å². The van der Waals surface area contributed by atoms with Gasteiger partial charge in [-0.1, -0.05) is 35.9 Å². The number of fused-ring (bicyclic) bond motifs is 3. The van der Waals surface area contributed by atoms with E-state index in [1.165, 1.54) is 11.8 Å². The van der Waals surface area contributed by atoms with Gasteiger partial charge in [0.05, 0.1) is 30.2 Å². The second-order valence-corrected chi connectivity index (χ2v) is 7.40. The van der Waals surface area contributed by atoms with Crippen LogP contribution in [0.1, 0.15) is 11.1 Å². The molecule has 4 aromatic rings. The maximum Gasteiger partial charge on any atom is 0.200 e. The third-order valence-electron chi connectivity index (χ3n) is 5.52. The summed E-state index contributed by atoms with van der Waals surface area (Å²) in [6, 6.07) is 19.4. The number of hydrogen-bond donors (Lipinski definition) is 0. The zero-order valence-electron chi connectivity index (χ0n) is 16.8. The fourth-order valence-electron chi connectivity index (χ4n) is 3.88. The SMILES string of the molecule is COc1ccccc1-c1coc2c3c(ccc2c1=O)OCN(c1ccc(C)cc1)C3. The van der Waals surface area contributed by atoms with Gasteiger partial charge in [0, 0.05) is 11.3 Å². The Morgan fingerprint density at radius 2 is 1.77 bits per heavy atom. The summed E-state index contributed by atoms with van der Waals surface area (Å²) in [5.41, 5.74) is 4.82. The zero-order valence-corrected chi connectivity index (χ0v) is 16.8. The molecule has 0 saturated heterocycles. The molecule has 2 heterocycles. The third-order valence-corrected chi connectivity index (χ3v) is 5.52. The highest BCUT2D eigenvalue weighted by Gasteiger charge is 2.23. The summed E-state index contributed by atoms with van der Waals surface area (Å²) < 4.78 is 17.4. The fourth-order valence-corrected chi connectivity index (χ4v) is 3.88. The Balaban J connectivity index is 1.61. The normalized spacial score (nSPS) is 13.1. The van der Waals surface area contributed by atoms with Crippen molar-refractivity contribution in [3.8, 4) is 22.6 Å². The Morgan fingerprint density at radius 1 is 0.967 bits per heavy atom. The van der Waals surface area contributed by atoms with Gasteiger partial charge in [-0.3, -0.25) is 4.79 Å². The van der Waals surface area contributed by atoms with Gasteiger partial charge in [0.15, 0.2) is 6.73 Å². The second kappa shape index (κ2) is 7.26. The lowest BCUT2D eigenvalue weighted by atomic mass is 10.0. The van der Waals surface area contributed by atoms with Crippen LogP contribution in [0.15, 0.2) is 76.1 Å². The van der Waals surface area contributed by atoms with Crippen LogP contribution in [-0.2, 0) is 6.54 Å². The molecule has 1 aliphatic rings. The van der Waals surface area contributed by atoms with E-state index >= 15 is 0 Å². The minimum Gasteiger partial charge on any atom is -0.496 e. The summed E-state index contributed by atoms with van der Waals surface area (Å²) in [6.45, 7) is 3.12. The molecule has 1 aliphatic heterocycles. The van der Waals surface area contributed by atoms with E-state index in [0.29, 0.717) is 41.1 Å². The predicted octanol–water partition coefficient (Wildman–Crippen LogP) is 5.13. The van der Waals surface area contributed by atoms with Crippen LogP contribution in [0.5, 0.6) is 11.5 Å². The maximum absolute atomic E-state index is 13.3. The summed E-state index contributed by atoms with van der Waals surface area (Å²) in [4.78, 5) is 15.4. The molecule has 0 N–H and O–H groups in total. The van der Waals surface area contributed by atoms with E-state index < -0.39 is 0 Å². The van der Waals surface area contributed by atoms with Crippen LogP contribution in [0.3, 0.4) is 0 Å². The lowest BCUT2D eigenvalue weighted by Crippen LogP contribution is -2.32. The van der Waals surface area contributed by atoms with Crippen LogP contribution in [0, 0.1) is 6.92 Å². The molecule has 0 amide bonds. The number of rotatable bonds is 3. The first-order chi connectivity index (χ1) is 14.7. The van der Waals surface area contributed by atoms with Crippen LogP contribution in [0.2, 0.25) is 0 Å². The summed E-state index contributed by atoms with van der Waals surface area (Å²) >= 11 is 0. The van der Waals surface area contributed by atoms with E-state index in [0.717, 1.165) is 17.0 Å². The first-order valence-electron chi connectivity index (χ1n) is 9.81. The van der Waals surface area contributed by atoms with Gasteiger partial charge in [-0.25, -0.2) is 0 Å². The number of ether oxygens (including phenoxy) is 2. The number of hydrogen-bond acceptors (Lipinski definition) is 5. The molecule has 0 saturated carbocycles. The predicted molar refractivity (Wildman–Crippen MR) is 117 cm³/mol.